The van der Waals surface area contributed by atoms with Gasteiger partial charge in [0.1, 0.15) is 16.7 Å². The molecule has 80 valence electrons. The molecule has 1 aliphatic heterocycles. The Kier molecular flexibility index (Phi) is 3.37. The highest BCUT2D eigenvalue weighted by Gasteiger charge is 2.29. The van der Waals surface area contributed by atoms with E-state index in [1.807, 2.05) is 6.07 Å². The Hall–Kier alpha value is -1.48. The molecule has 1 fully saturated rings. The predicted molar refractivity (Wildman–Crippen MR) is 56.6 cm³/mol. The molecule has 0 atom stereocenters. The molecular formula is C9H11N3O2S. The lowest BCUT2D eigenvalue weighted by Crippen LogP contribution is -2.27. The number of nitrogens with zero attached hydrogens (tertiary/aromatic N) is 3. The summed E-state index contributed by atoms with van der Waals surface area (Å²) in [5.74, 6) is -0.173. The highest BCUT2D eigenvalue weighted by atomic mass is 32.2. The summed E-state index contributed by atoms with van der Waals surface area (Å²) < 4.78 is 0. The molecule has 1 aliphatic rings. The predicted octanol–water partition coefficient (Wildman–Crippen LogP) is 0.0150. The maximum absolute atomic E-state index is 11.6. The summed E-state index contributed by atoms with van der Waals surface area (Å²) in [5.41, 5.74) is 0.0263. The molecule has 5 nitrogen and oxygen atoms in total. The van der Waals surface area contributed by atoms with Crippen LogP contribution in [0.1, 0.15) is 0 Å². The molecule has 1 saturated heterocycles. The second kappa shape index (κ2) is 4.36. The molecule has 0 unspecified atom stereocenters. The molecule has 0 aliphatic carbocycles. The lowest BCUT2D eigenvalue weighted by molar-refractivity contribution is -0.124. The van der Waals surface area contributed by atoms with Crippen LogP contribution in [0.15, 0.2) is 10.6 Å². The van der Waals surface area contributed by atoms with E-state index >= 15 is 0 Å². The van der Waals surface area contributed by atoms with E-state index in [1.165, 1.54) is 21.6 Å². The minimum Gasteiger partial charge on any atom is -0.344 e. The zero-order valence-electron chi connectivity index (χ0n) is 8.77. The summed E-state index contributed by atoms with van der Waals surface area (Å²) in [4.78, 5) is 25.5. The Balaban J connectivity index is 3.11. The first kappa shape index (κ1) is 11.6. The number of hydrogen-bond acceptors (Lipinski definition) is 4. The second-order valence-corrected chi connectivity index (χ2v) is 4.20. The number of rotatable bonds is 1. The van der Waals surface area contributed by atoms with Crippen molar-refractivity contribution in [2.45, 2.75) is 0 Å². The Bertz CT molecular complexity index is 381. The first-order valence-electron chi connectivity index (χ1n) is 4.24. The molecule has 0 aromatic rings. The van der Waals surface area contributed by atoms with Crippen molar-refractivity contribution < 1.29 is 9.59 Å². The maximum Gasteiger partial charge on any atom is 0.266 e. The number of nitriles is 1. The smallest absolute Gasteiger partial charge is 0.266 e. The molecule has 0 spiro atoms. The van der Waals surface area contributed by atoms with E-state index in [4.69, 9.17) is 5.26 Å². The van der Waals surface area contributed by atoms with Crippen LogP contribution in [0.5, 0.6) is 0 Å². The van der Waals surface area contributed by atoms with Crippen molar-refractivity contribution in [2.75, 3.05) is 26.9 Å². The van der Waals surface area contributed by atoms with Crippen LogP contribution >= 0.6 is 11.8 Å². The van der Waals surface area contributed by atoms with Gasteiger partial charge in [-0.05, 0) is 0 Å². The first-order valence-corrected chi connectivity index (χ1v) is 5.23. The van der Waals surface area contributed by atoms with E-state index in [1.54, 1.807) is 21.1 Å². The van der Waals surface area contributed by atoms with Gasteiger partial charge in [-0.2, -0.15) is 5.26 Å². The van der Waals surface area contributed by atoms with Crippen molar-refractivity contribution >= 4 is 23.6 Å². The minimum atomic E-state index is -0.374. The zero-order valence-corrected chi connectivity index (χ0v) is 9.59. The molecule has 0 radical (unpaired) electrons. The van der Waals surface area contributed by atoms with Gasteiger partial charge < -0.3 is 9.80 Å². The van der Waals surface area contributed by atoms with Gasteiger partial charge in [-0.1, -0.05) is 11.8 Å². The van der Waals surface area contributed by atoms with E-state index in [2.05, 4.69) is 0 Å². The van der Waals surface area contributed by atoms with Crippen LogP contribution < -0.4 is 0 Å². The van der Waals surface area contributed by atoms with E-state index in [9.17, 15) is 9.59 Å². The lowest BCUT2D eigenvalue weighted by Gasteiger charge is -2.14. The standard InChI is InChI=1S/C9H11N3O2S/c1-11(2)8(14)6(4-10)9-12(3)7(13)5-15-9/h5H2,1-3H3/b9-6+. The SMILES string of the molecule is CN(C)C(=O)/C(C#N)=C1/SCC(=O)N1C. The lowest BCUT2D eigenvalue weighted by atomic mass is 10.3. The Morgan fingerprint density at radius 1 is 1.60 bits per heavy atom. The summed E-state index contributed by atoms with van der Waals surface area (Å²) in [5, 5.41) is 9.35. The molecule has 1 rings (SSSR count). The molecule has 0 saturated carbocycles. The normalized spacial score (nSPS) is 18.8. The van der Waals surface area contributed by atoms with Crippen LogP contribution in [0.3, 0.4) is 0 Å². The molecule has 1 heterocycles. The van der Waals surface area contributed by atoms with Gasteiger partial charge in [0.25, 0.3) is 5.91 Å². The van der Waals surface area contributed by atoms with Gasteiger partial charge in [-0.25, -0.2) is 0 Å². The van der Waals surface area contributed by atoms with Gasteiger partial charge in [0.05, 0.1) is 5.75 Å². The summed E-state index contributed by atoms with van der Waals surface area (Å²) in [6.07, 6.45) is 0. The highest BCUT2D eigenvalue weighted by Crippen LogP contribution is 2.30. The topological polar surface area (TPSA) is 64.4 Å². The molecule has 0 N–H and O–H groups in total. The van der Waals surface area contributed by atoms with Crippen LogP contribution in [0.2, 0.25) is 0 Å². The average Bonchev–Trinajstić information content (AvgIpc) is 2.50. The number of likely N-dealkylation sites (N-methyl/N-ethyl adjacent to an activating group) is 1. The fourth-order valence-corrected chi connectivity index (χ4v) is 2.11. The summed E-state index contributed by atoms with van der Waals surface area (Å²) in [6.45, 7) is 0. The Morgan fingerprint density at radius 3 is 2.53 bits per heavy atom. The average molecular weight is 225 g/mol. The molecular weight excluding hydrogens is 214 g/mol. The maximum atomic E-state index is 11.6. The zero-order chi connectivity index (χ0) is 11.6. The third-order valence-electron chi connectivity index (χ3n) is 1.96. The largest absolute Gasteiger partial charge is 0.344 e. The van der Waals surface area contributed by atoms with Gasteiger partial charge >= 0.3 is 0 Å². The molecule has 6 heteroatoms. The van der Waals surface area contributed by atoms with Crippen molar-refractivity contribution in [1.29, 1.82) is 5.26 Å². The first-order chi connectivity index (χ1) is 6.99. The number of thioether (sulfide) groups is 1. The second-order valence-electron chi connectivity index (χ2n) is 3.23. The fourth-order valence-electron chi connectivity index (χ4n) is 1.09. The highest BCUT2D eigenvalue weighted by molar-refractivity contribution is 8.04. The summed E-state index contributed by atoms with van der Waals surface area (Å²) >= 11 is 1.22. The Labute approximate surface area is 92.3 Å². The monoisotopic (exact) mass is 225 g/mol. The molecule has 0 bridgehead atoms. The van der Waals surface area contributed by atoms with Crippen molar-refractivity contribution in [3.63, 3.8) is 0 Å². The number of carbonyl (C=O) groups excluding carboxylic acids is 2. The van der Waals surface area contributed by atoms with Gasteiger partial charge in [-0.15, -0.1) is 0 Å². The third-order valence-corrected chi connectivity index (χ3v) is 3.10. The van der Waals surface area contributed by atoms with Crippen LogP contribution in [0.25, 0.3) is 0 Å². The number of hydrogen-bond donors (Lipinski definition) is 0. The van der Waals surface area contributed by atoms with Gasteiger partial charge in [0, 0.05) is 21.1 Å². The molecule has 0 aromatic carbocycles. The number of amides is 2. The summed E-state index contributed by atoms with van der Waals surface area (Å²) in [6, 6.07) is 1.85. The van der Waals surface area contributed by atoms with Gasteiger partial charge in [-0.3, -0.25) is 9.59 Å². The van der Waals surface area contributed by atoms with E-state index < -0.39 is 0 Å². The van der Waals surface area contributed by atoms with Gasteiger partial charge in [0.15, 0.2) is 0 Å². The summed E-state index contributed by atoms with van der Waals surface area (Å²) in [7, 11) is 4.71. The van der Waals surface area contributed by atoms with Crippen LogP contribution in [0.4, 0.5) is 0 Å². The van der Waals surface area contributed by atoms with Crippen LogP contribution in [-0.4, -0.2) is 48.5 Å². The Morgan fingerprint density at radius 2 is 2.20 bits per heavy atom. The van der Waals surface area contributed by atoms with Crippen LogP contribution in [0, 0.1) is 11.3 Å². The third kappa shape index (κ3) is 2.13. The molecule has 0 aromatic heterocycles. The van der Waals surface area contributed by atoms with E-state index in [-0.39, 0.29) is 23.1 Å². The fraction of sp³-hybridized carbons (Fsp3) is 0.444. The van der Waals surface area contributed by atoms with E-state index in [0.29, 0.717) is 5.03 Å². The molecule has 15 heavy (non-hydrogen) atoms. The van der Waals surface area contributed by atoms with Crippen molar-refractivity contribution in [1.82, 2.24) is 9.80 Å². The van der Waals surface area contributed by atoms with Gasteiger partial charge in [0.2, 0.25) is 5.91 Å². The molecule has 2 amide bonds. The van der Waals surface area contributed by atoms with Crippen molar-refractivity contribution in [3.05, 3.63) is 10.6 Å². The number of carbonyl (C=O) groups is 2. The van der Waals surface area contributed by atoms with E-state index in [0.717, 1.165) is 0 Å². The quantitative estimate of drug-likeness (QED) is 0.466. The van der Waals surface area contributed by atoms with Crippen molar-refractivity contribution in [3.8, 4) is 6.07 Å². The van der Waals surface area contributed by atoms with Crippen LogP contribution in [-0.2, 0) is 9.59 Å². The minimum absolute atomic E-state index is 0.0263. The van der Waals surface area contributed by atoms with Crippen molar-refractivity contribution in [2.24, 2.45) is 0 Å².